The smallest absolute Gasteiger partial charge is 0.228 e. The average Bonchev–Trinajstić information content (AvgIpc) is 2.72. The minimum Gasteiger partial charge on any atom is -0.339 e. The van der Waals surface area contributed by atoms with E-state index in [1.54, 1.807) is 0 Å². The van der Waals surface area contributed by atoms with Crippen molar-refractivity contribution in [1.82, 2.24) is 10.1 Å². The Bertz CT molecular complexity index is 367. The number of hydrogen-bond acceptors (Lipinski definition) is 4. The molecule has 0 spiro atoms. The van der Waals surface area contributed by atoms with Crippen LogP contribution in [0.5, 0.6) is 0 Å². The largest absolute Gasteiger partial charge is 0.339 e. The van der Waals surface area contributed by atoms with Crippen LogP contribution in [0.15, 0.2) is 4.52 Å². The van der Waals surface area contributed by atoms with E-state index < -0.39 is 0 Å². The fraction of sp³-hybridized carbons (Fsp3) is 0.833. The predicted molar refractivity (Wildman–Crippen MR) is 62.0 cm³/mol. The molecule has 0 amide bonds. The van der Waals surface area contributed by atoms with Crippen molar-refractivity contribution in [3.05, 3.63) is 11.7 Å². The molecule has 16 heavy (non-hydrogen) atoms. The summed E-state index contributed by atoms with van der Waals surface area (Å²) in [6.45, 7) is 8.58. The van der Waals surface area contributed by atoms with Crippen LogP contribution < -0.4 is 5.73 Å². The van der Waals surface area contributed by atoms with Gasteiger partial charge in [0, 0.05) is 18.4 Å². The predicted octanol–water partition coefficient (Wildman–Crippen LogP) is 2.11. The molecular weight excluding hydrogens is 202 g/mol. The van der Waals surface area contributed by atoms with Gasteiger partial charge < -0.3 is 10.3 Å². The quantitative estimate of drug-likeness (QED) is 0.852. The van der Waals surface area contributed by atoms with E-state index in [1.165, 1.54) is 6.42 Å². The first-order valence-electron chi connectivity index (χ1n) is 5.96. The number of nitrogens with two attached hydrogens (primary N) is 1. The van der Waals surface area contributed by atoms with Crippen molar-refractivity contribution < 1.29 is 4.52 Å². The summed E-state index contributed by atoms with van der Waals surface area (Å²) in [5.41, 5.74) is 6.15. The molecule has 90 valence electrons. The van der Waals surface area contributed by atoms with E-state index in [9.17, 15) is 0 Å². The third-order valence-electron chi connectivity index (χ3n) is 3.43. The van der Waals surface area contributed by atoms with E-state index >= 15 is 0 Å². The maximum absolute atomic E-state index is 6.08. The van der Waals surface area contributed by atoms with Gasteiger partial charge >= 0.3 is 0 Å². The fourth-order valence-electron chi connectivity index (χ4n) is 1.68. The highest BCUT2D eigenvalue weighted by Crippen LogP contribution is 2.45. The average molecular weight is 223 g/mol. The summed E-state index contributed by atoms with van der Waals surface area (Å²) >= 11 is 0. The Morgan fingerprint density at radius 2 is 2.12 bits per heavy atom. The molecule has 4 nitrogen and oxygen atoms in total. The van der Waals surface area contributed by atoms with E-state index in [4.69, 9.17) is 10.3 Å². The molecular formula is C12H21N3O. The highest BCUT2D eigenvalue weighted by molar-refractivity contribution is 5.08. The summed E-state index contributed by atoms with van der Waals surface area (Å²) in [6, 6.07) is 0.0532. The first kappa shape index (κ1) is 11.6. The number of aromatic nitrogens is 2. The Hall–Kier alpha value is -0.900. The normalized spacial score (nSPS) is 26.8. The molecule has 1 aromatic rings. The fourth-order valence-corrected chi connectivity index (χ4v) is 1.68. The second-order valence-corrected chi connectivity index (χ2v) is 6.04. The molecule has 1 aliphatic carbocycles. The molecule has 0 radical (unpaired) electrons. The zero-order valence-electron chi connectivity index (χ0n) is 10.5. The van der Waals surface area contributed by atoms with Crippen molar-refractivity contribution >= 4 is 0 Å². The van der Waals surface area contributed by atoms with Crippen LogP contribution in [0.4, 0.5) is 0 Å². The van der Waals surface area contributed by atoms with Gasteiger partial charge in [0.25, 0.3) is 0 Å². The van der Waals surface area contributed by atoms with Crippen molar-refractivity contribution in [2.75, 3.05) is 0 Å². The second-order valence-electron chi connectivity index (χ2n) is 6.04. The van der Waals surface area contributed by atoms with Crippen LogP contribution in [0.1, 0.15) is 51.7 Å². The molecule has 1 aliphatic rings. The van der Waals surface area contributed by atoms with Crippen molar-refractivity contribution in [1.29, 1.82) is 0 Å². The Kier molecular flexibility index (Phi) is 2.78. The van der Waals surface area contributed by atoms with Gasteiger partial charge in [-0.1, -0.05) is 32.9 Å². The van der Waals surface area contributed by atoms with Gasteiger partial charge in [-0.25, -0.2) is 0 Å². The van der Waals surface area contributed by atoms with Gasteiger partial charge in [-0.05, 0) is 17.8 Å². The Morgan fingerprint density at radius 3 is 2.62 bits per heavy atom. The Balaban J connectivity index is 1.98. The summed E-state index contributed by atoms with van der Waals surface area (Å²) < 4.78 is 5.24. The number of hydrogen-bond donors (Lipinski definition) is 1. The lowest BCUT2D eigenvalue weighted by Crippen LogP contribution is -2.36. The molecule has 1 aromatic heterocycles. The summed E-state index contributed by atoms with van der Waals surface area (Å²) in [5, 5.41) is 4.02. The minimum absolute atomic E-state index is 0.0532. The van der Waals surface area contributed by atoms with Crippen LogP contribution >= 0.6 is 0 Å². The number of rotatable bonds is 3. The molecule has 1 fully saturated rings. The topological polar surface area (TPSA) is 64.9 Å². The lowest BCUT2D eigenvalue weighted by atomic mass is 9.85. The summed E-state index contributed by atoms with van der Waals surface area (Å²) in [4.78, 5) is 4.42. The van der Waals surface area contributed by atoms with Crippen LogP contribution in [0.2, 0.25) is 0 Å². The maximum atomic E-state index is 6.08. The zero-order valence-corrected chi connectivity index (χ0v) is 10.5. The Labute approximate surface area is 96.6 Å². The molecule has 0 aliphatic heterocycles. The molecule has 0 aromatic carbocycles. The standard InChI is InChI=1S/C12H21N3O/c1-7-5-8(7)11-14-10(16-15-11)6-9(13)12(2,3)4/h7-9H,5-6,13H2,1-4H3. The van der Waals surface area contributed by atoms with Gasteiger partial charge in [0.15, 0.2) is 5.82 Å². The van der Waals surface area contributed by atoms with Crippen LogP contribution in [0.3, 0.4) is 0 Å². The van der Waals surface area contributed by atoms with Crippen molar-refractivity contribution in [2.45, 2.75) is 52.5 Å². The molecule has 3 atom stereocenters. The van der Waals surface area contributed by atoms with E-state index in [2.05, 4.69) is 37.8 Å². The SMILES string of the molecule is CC1CC1c1noc(CC(N)C(C)(C)C)n1. The van der Waals surface area contributed by atoms with Gasteiger partial charge in [-0.15, -0.1) is 0 Å². The third kappa shape index (κ3) is 2.43. The molecule has 2 rings (SSSR count). The highest BCUT2D eigenvalue weighted by Gasteiger charge is 2.38. The number of nitrogens with zero attached hydrogens (tertiary/aromatic N) is 2. The van der Waals surface area contributed by atoms with Crippen molar-refractivity contribution in [3.63, 3.8) is 0 Å². The van der Waals surface area contributed by atoms with Crippen LogP contribution in [0.25, 0.3) is 0 Å². The maximum Gasteiger partial charge on any atom is 0.228 e. The lowest BCUT2D eigenvalue weighted by Gasteiger charge is -2.25. The van der Waals surface area contributed by atoms with E-state index in [0.717, 1.165) is 5.82 Å². The molecule has 3 unspecified atom stereocenters. The minimum atomic E-state index is 0.0532. The zero-order chi connectivity index (χ0) is 11.9. The van der Waals surface area contributed by atoms with Crippen LogP contribution in [-0.2, 0) is 6.42 Å². The van der Waals surface area contributed by atoms with Gasteiger partial charge in [0.2, 0.25) is 5.89 Å². The summed E-state index contributed by atoms with van der Waals surface area (Å²) in [6.07, 6.45) is 1.85. The van der Waals surface area contributed by atoms with Gasteiger partial charge in [-0.3, -0.25) is 0 Å². The second kappa shape index (κ2) is 3.84. The van der Waals surface area contributed by atoms with E-state index in [1.807, 2.05) is 0 Å². The molecule has 2 N–H and O–H groups in total. The third-order valence-corrected chi connectivity index (χ3v) is 3.43. The lowest BCUT2D eigenvalue weighted by molar-refractivity contribution is 0.285. The molecule has 4 heteroatoms. The van der Waals surface area contributed by atoms with Gasteiger partial charge in [0.05, 0.1) is 0 Å². The van der Waals surface area contributed by atoms with Crippen molar-refractivity contribution in [2.24, 2.45) is 17.1 Å². The molecule has 1 heterocycles. The first-order valence-corrected chi connectivity index (χ1v) is 5.96. The summed E-state index contributed by atoms with van der Waals surface area (Å²) in [5.74, 6) is 2.77. The van der Waals surface area contributed by atoms with Crippen LogP contribution in [-0.4, -0.2) is 16.2 Å². The highest BCUT2D eigenvalue weighted by atomic mass is 16.5. The van der Waals surface area contributed by atoms with Crippen molar-refractivity contribution in [3.8, 4) is 0 Å². The molecule has 1 saturated carbocycles. The Morgan fingerprint density at radius 1 is 1.50 bits per heavy atom. The van der Waals surface area contributed by atoms with Gasteiger partial charge in [0.1, 0.15) is 0 Å². The van der Waals surface area contributed by atoms with E-state index in [-0.39, 0.29) is 11.5 Å². The van der Waals surface area contributed by atoms with Crippen LogP contribution in [0, 0.1) is 11.3 Å². The monoisotopic (exact) mass is 223 g/mol. The van der Waals surface area contributed by atoms with Gasteiger partial charge in [-0.2, -0.15) is 4.98 Å². The molecule has 0 saturated heterocycles. The molecule has 0 bridgehead atoms. The summed E-state index contributed by atoms with van der Waals surface area (Å²) in [7, 11) is 0. The first-order chi connectivity index (χ1) is 7.38. The van der Waals surface area contributed by atoms with E-state index in [0.29, 0.717) is 24.1 Å².